The third-order valence-corrected chi connectivity index (χ3v) is 2.97. The molecule has 3 N–H and O–H groups in total. The van der Waals surface area contributed by atoms with Gasteiger partial charge in [0.2, 0.25) is 5.91 Å². The van der Waals surface area contributed by atoms with Crippen LogP contribution in [-0.2, 0) is 4.79 Å². The molecule has 0 saturated carbocycles. The van der Waals surface area contributed by atoms with Crippen LogP contribution >= 0.6 is 15.9 Å². The summed E-state index contributed by atoms with van der Waals surface area (Å²) in [5.41, 5.74) is 0.582. The number of halogens is 1. The highest BCUT2D eigenvalue weighted by Crippen LogP contribution is 2.10. The van der Waals surface area contributed by atoms with E-state index in [1.807, 2.05) is 7.05 Å². The maximum Gasteiger partial charge on any atom is 0.251 e. The Bertz CT molecular complexity index is 420. The summed E-state index contributed by atoms with van der Waals surface area (Å²) < 4.78 is 0.924. The van der Waals surface area contributed by atoms with Gasteiger partial charge in [-0.3, -0.25) is 9.59 Å². The van der Waals surface area contributed by atoms with E-state index < -0.39 is 0 Å². The van der Waals surface area contributed by atoms with Crippen LogP contribution in [0.3, 0.4) is 0 Å². The first kappa shape index (κ1) is 15.7. The smallest absolute Gasteiger partial charge is 0.251 e. The topological polar surface area (TPSA) is 70.2 Å². The Hall–Kier alpha value is -1.40. The molecule has 0 fully saturated rings. The van der Waals surface area contributed by atoms with E-state index in [2.05, 4.69) is 31.9 Å². The molecule has 0 heterocycles. The molecule has 5 nitrogen and oxygen atoms in total. The van der Waals surface area contributed by atoms with Crippen LogP contribution < -0.4 is 16.0 Å². The van der Waals surface area contributed by atoms with Crippen molar-refractivity contribution in [2.45, 2.75) is 6.42 Å². The van der Waals surface area contributed by atoms with Crippen LogP contribution in [0.15, 0.2) is 28.7 Å². The molecule has 0 unspecified atom stereocenters. The fraction of sp³-hybridized carbons (Fsp3) is 0.385. The minimum atomic E-state index is -0.171. The number of carbonyl (C=O) groups excluding carboxylic acids is 2. The molecule has 0 radical (unpaired) electrons. The van der Waals surface area contributed by atoms with Crippen LogP contribution in [0.25, 0.3) is 0 Å². The average Bonchev–Trinajstić information content (AvgIpc) is 2.39. The van der Waals surface area contributed by atoms with Crippen molar-refractivity contribution in [2.75, 3.05) is 26.7 Å². The molecular formula is C13H18BrN3O2. The highest BCUT2D eigenvalue weighted by molar-refractivity contribution is 9.10. The third kappa shape index (κ3) is 6.35. The molecule has 0 atom stereocenters. The number of amides is 2. The lowest BCUT2D eigenvalue weighted by Gasteiger charge is -2.06. The Morgan fingerprint density at radius 2 is 1.74 bits per heavy atom. The number of likely N-dealkylation sites (N-methyl/N-ethyl adjacent to an activating group) is 1. The molecule has 104 valence electrons. The molecule has 0 aromatic heterocycles. The summed E-state index contributed by atoms with van der Waals surface area (Å²) in [5, 5.41) is 8.39. The molecule has 0 spiro atoms. The van der Waals surface area contributed by atoms with E-state index in [1.165, 1.54) is 0 Å². The maximum absolute atomic E-state index is 11.7. The summed E-state index contributed by atoms with van der Waals surface area (Å²) in [6.07, 6.45) is 0.284. The average molecular weight is 328 g/mol. The highest BCUT2D eigenvalue weighted by Gasteiger charge is 2.06. The predicted octanol–water partition coefficient (Wildman–Crippen LogP) is 0.905. The first-order valence-electron chi connectivity index (χ1n) is 6.08. The molecule has 0 aliphatic carbocycles. The zero-order chi connectivity index (χ0) is 14.1. The lowest BCUT2D eigenvalue weighted by atomic mass is 10.2. The zero-order valence-electron chi connectivity index (χ0n) is 10.8. The summed E-state index contributed by atoms with van der Waals surface area (Å²) >= 11 is 3.31. The Morgan fingerprint density at radius 3 is 2.37 bits per heavy atom. The minimum absolute atomic E-state index is 0.0636. The second-order valence-corrected chi connectivity index (χ2v) is 4.88. The summed E-state index contributed by atoms with van der Waals surface area (Å²) in [6.45, 7) is 1.66. The Morgan fingerprint density at radius 1 is 1.05 bits per heavy atom. The minimum Gasteiger partial charge on any atom is -0.355 e. The van der Waals surface area contributed by atoms with Gasteiger partial charge in [-0.05, 0) is 31.3 Å². The van der Waals surface area contributed by atoms with Crippen molar-refractivity contribution >= 4 is 27.7 Å². The Kier molecular flexibility index (Phi) is 7.14. The summed E-state index contributed by atoms with van der Waals surface area (Å²) in [4.78, 5) is 23.1. The van der Waals surface area contributed by atoms with Gasteiger partial charge in [-0.15, -0.1) is 0 Å². The van der Waals surface area contributed by atoms with Crippen LogP contribution in [-0.4, -0.2) is 38.5 Å². The van der Waals surface area contributed by atoms with Crippen molar-refractivity contribution in [1.29, 1.82) is 0 Å². The van der Waals surface area contributed by atoms with E-state index in [-0.39, 0.29) is 18.2 Å². The summed E-state index contributed by atoms with van der Waals surface area (Å²) in [5.74, 6) is -0.234. The van der Waals surface area contributed by atoms with Crippen LogP contribution in [0.5, 0.6) is 0 Å². The lowest BCUT2D eigenvalue weighted by molar-refractivity contribution is -0.120. The van der Waals surface area contributed by atoms with Gasteiger partial charge < -0.3 is 16.0 Å². The van der Waals surface area contributed by atoms with Crippen molar-refractivity contribution in [1.82, 2.24) is 16.0 Å². The Labute approximate surface area is 121 Å². The third-order valence-electron chi connectivity index (χ3n) is 2.44. The van der Waals surface area contributed by atoms with Gasteiger partial charge in [0.25, 0.3) is 5.91 Å². The first-order valence-corrected chi connectivity index (χ1v) is 6.88. The SMILES string of the molecule is CNCCNC(=O)CCNC(=O)c1ccc(Br)cc1. The van der Waals surface area contributed by atoms with Gasteiger partial charge in [0.1, 0.15) is 0 Å². The predicted molar refractivity (Wildman–Crippen MR) is 78.0 cm³/mol. The van der Waals surface area contributed by atoms with Crippen molar-refractivity contribution in [3.05, 3.63) is 34.3 Å². The van der Waals surface area contributed by atoms with Gasteiger partial charge in [0.05, 0.1) is 0 Å². The number of rotatable bonds is 7. The number of carbonyl (C=O) groups is 2. The number of nitrogens with one attached hydrogen (secondary N) is 3. The standard InChI is InChI=1S/C13H18BrN3O2/c1-15-8-9-16-12(18)6-7-17-13(19)10-2-4-11(14)5-3-10/h2-5,15H,6-9H2,1H3,(H,16,18)(H,17,19). The van der Waals surface area contributed by atoms with Crippen molar-refractivity contribution in [2.24, 2.45) is 0 Å². The largest absolute Gasteiger partial charge is 0.355 e. The van der Waals surface area contributed by atoms with Gasteiger partial charge in [0, 0.05) is 36.1 Å². The second-order valence-electron chi connectivity index (χ2n) is 3.97. The lowest BCUT2D eigenvalue weighted by Crippen LogP contribution is -2.33. The van der Waals surface area contributed by atoms with Gasteiger partial charge in [-0.2, -0.15) is 0 Å². The van der Waals surface area contributed by atoms with Crippen molar-refractivity contribution in [3.8, 4) is 0 Å². The molecule has 6 heteroatoms. The zero-order valence-corrected chi connectivity index (χ0v) is 12.4. The van der Waals surface area contributed by atoms with Crippen LogP contribution in [0, 0.1) is 0 Å². The second kappa shape index (κ2) is 8.66. The summed E-state index contributed by atoms with van der Waals surface area (Å²) in [7, 11) is 1.82. The van der Waals surface area contributed by atoms with Gasteiger partial charge in [-0.1, -0.05) is 15.9 Å². The van der Waals surface area contributed by atoms with Crippen LogP contribution in [0.4, 0.5) is 0 Å². The van der Waals surface area contributed by atoms with E-state index >= 15 is 0 Å². The van der Waals surface area contributed by atoms with E-state index in [4.69, 9.17) is 0 Å². The van der Waals surface area contributed by atoms with Gasteiger partial charge >= 0.3 is 0 Å². The van der Waals surface area contributed by atoms with Gasteiger partial charge in [-0.25, -0.2) is 0 Å². The molecule has 0 aliphatic heterocycles. The number of hydrogen-bond donors (Lipinski definition) is 3. The van der Waals surface area contributed by atoms with E-state index in [1.54, 1.807) is 24.3 Å². The first-order chi connectivity index (χ1) is 9.13. The molecule has 1 rings (SSSR count). The fourth-order valence-electron chi connectivity index (χ4n) is 1.41. The van der Waals surface area contributed by atoms with E-state index in [9.17, 15) is 9.59 Å². The normalized spacial score (nSPS) is 10.0. The molecule has 1 aromatic carbocycles. The molecule has 1 aromatic rings. The number of hydrogen-bond acceptors (Lipinski definition) is 3. The molecular weight excluding hydrogens is 310 g/mol. The fourth-order valence-corrected chi connectivity index (χ4v) is 1.67. The van der Waals surface area contributed by atoms with Crippen LogP contribution in [0.2, 0.25) is 0 Å². The van der Waals surface area contributed by atoms with Gasteiger partial charge in [0.15, 0.2) is 0 Å². The summed E-state index contributed by atoms with van der Waals surface area (Å²) in [6, 6.07) is 7.07. The van der Waals surface area contributed by atoms with Crippen LogP contribution in [0.1, 0.15) is 16.8 Å². The Balaban J connectivity index is 2.23. The van der Waals surface area contributed by atoms with Crippen molar-refractivity contribution < 1.29 is 9.59 Å². The number of benzene rings is 1. The quantitative estimate of drug-likeness (QED) is 0.652. The highest BCUT2D eigenvalue weighted by atomic mass is 79.9. The molecule has 19 heavy (non-hydrogen) atoms. The van der Waals surface area contributed by atoms with E-state index in [0.29, 0.717) is 18.7 Å². The molecule has 0 bridgehead atoms. The van der Waals surface area contributed by atoms with Crippen molar-refractivity contribution in [3.63, 3.8) is 0 Å². The molecule has 0 saturated heterocycles. The van der Waals surface area contributed by atoms with E-state index in [0.717, 1.165) is 11.0 Å². The maximum atomic E-state index is 11.7. The molecule has 0 aliphatic rings. The monoisotopic (exact) mass is 327 g/mol. The molecule has 2 amide bonds.